The Bertz CT molecular complexity index is 386. The molecule has 0 bridgehead atoms. The molecule has 1 aliphatic rings. The van der Waals surface area contributed by atoms with Gasteiger partial charge >= 0.3 is 0 Å². The first kappa shape index (κ1) is 14.4. The minimum atomic E-state index is -1.19. The first-order valence-corrected chi connectivity index (χ1v) is 6.56. The Kier molecular flexibility index (Phi) is 4.90. The molecule has 5 nitrogen and oxygen atoms in total. The first-order valence-electron chi connectivity index (χ1n) is 6.56. The molecule has 1 aliphatic heterocycles. The Morgan fingerprint density at radius 2 is 1.74 bits per heavy atom. The van der Waals surface area contributed by atoms with Crippen LogP contribution >= 0.6 is 0 Å². The molecule has 1 aromatic carbocycles. The maximum absolute atomic E-state index is 9.86. The van der Waals surface area contributed by atoms with Gasteiger partial charge in [-0.2, -0.15) is 0 Å². The number of aliphatic hydroxyl groups is 4. The highest BCUT2D eigenvalue weighted by molar-refractivity contribution is 5.15. The van der Waals surface area contributed by atoms with Crippen molar-refractivity contribution in [2.24, 2.45) is 0 Å². The highest BCUT2D eigenvalue weighted by Crippen LogP contribution is 2.19. The van der Waals surface area contributed by atoms with Crippen LogP contribution in [-0.2, 0) is 6.42 Å². The molecule has 1 saturated heterocycles. The number of hydrogen-bond donors (Lipinski definition) is 4. The fraction of sp³-hybridized carbons (Fsp3) is 0.571. The van der Waals surface area contributed by atoms with Gasteiger partial charge in [-0.15, -0.1) is 0 Å². The van der Waals surface area contributed by atoms with E-state index in [4.69, 9.17) is 0 Å². The molecule has 1 aromatic rings. The summed E-state index contributed by atoms with van der Waals surface area (Å²) < 4.78 is 0. The smallest absolute Gasteiger partial charge is 0.109 e. The van der Waals surface area contributed by atoms with Crippen molar-refractivity contribution in [2.45, 2.75) is 30.8 Å². The van der Waals surface area contributed by atoms with Gasteiger partial charge in [-0.3, -0.25) is 4.90 Å². The van der Waals surface area contributed by atoms with E-state index in [1.165, 1.54) is 0 Å². The summed E-state index contributed by atoms with van der Waals surface area (Å²) >= 11 is 0. The number of piperidine rings is 1. The minimum Gasteiger partial charge on any atom is -0.395 e. The predicted molar refractivity (Wildman–Crippen MR) is 70.6 cm³/mol. The molecule has 0 spiro atoms. The van der Waals surface area contributed by atoms with Crippen molar-refractivity contribution in [1.82, 2.24) is 4.90 Å². The molecule has 0 aliphatic carbocycles. The van der Waals surface area contributed by atoms with Crippen molar-refractivity contribution < 1.29 is 20.4 Å². The number of likely N-dealkylation sites (tertiary alicyclic amines) is 1. The molecular weight excluding hydrogens is 246 g/mol. The molecule has 5 heteroatoms. The van der Waals surface area contributed by atoms with Gasteiger partial charge in [0, 0.05) is 13.1 Å². The van der Waals surface area contributed by atoms with Crippen molar-refractivity contribution in [2.75, 3.05) is 19.7 Å². The summed E-state index contributed by atoms with van der Waals surface area (Å²) in [6, 6.07) is 9.37. The topological polar surface area (TPSA) is 84.2 Å². The zero-order valence-electron chi connectivity index (χ0n) is 10.8. The van der Waals surface area contributed by atoms with Crippen LogP contribution in [0.4, 0.5) is 0 Å². The second-order valence-corrected chi connectivity index (χ2v) is 5.03. The Balaban J connectivity index is 1.98. The number of rotatable bonds is 4. The van der Waals surface area contributed by atoms with Crippen LogP contribution < -0.4 is 0 Å². The summed E-state index contributed by atoms with van der Waals surface area (Å²) in [7, 11) is 0. The number of benzene rings is 1. The summed E-state index contributed by atoms with van der Waals surface area (Å²) in [5.74, 6) is 0. The summed E-state index contributed by atoms with van der Waals surface area (Å²) in [5.41, 5.74) is 1.16. The summed E-state index contributed by atoms with van der Waals surface area (Å²) in [6.45, 7) is 0.645. The Morgan fingerprint density at radius 3 is 2.37 bits per heavy atom. The van der Waals surface area contributed by atoms with E-state index >= 15 is 0 Å². The maximum atomic E-state index is 9.86. The Morgan fingerprint density at radius 1 is 1.05 bits per heavy atom. The monoisotopic (exact) mass is 267 g/mol. The summed E-state index contributed by atoms with van der Waals surface area (Å²) in [6.07, 6.45) is -2.52. The van der Waals surface area contributed by atoms with Gasteiger partial charge in [0.25, 0.3) is 0 Å². The van der Waals surface area contributed by atoms with Crippen molar-refractivity contribution in [3.8, 4) is 0 Å². The molecule has 0 radical (unpaired) electrons. The van der Waals surface area contributed by atoms with Crippen LogP contribution in [0.25, 0.3) is 0 Å². The normalized spacial score (nSPS) is 32.4. The highest BCUT2D eigenvalue weighted by Gasteiger charge is 2.40. The fourth-order valence-corrected chi connectivity index (χ4v) is 2.55. The van der Waals surface area contributed by atoms with Crippen LogP contribution in [0.15, 0.2) is 30.3 Å². The van der Waals surface area contributed by atoms with Gasteiger partial charge in [0.05, 0.1) is 18.8 Å². The van der Waals surface area contributed by atoms with Gasteiger partial charge in [-0.05, 0) is 12.0 Å². The van der Waals surface area contributed by atoms with Crippen LogP contribution in [0.1, 0.15) is 5.56 Å². The lowest BCUT2D eigenvalue weighted by atomic mass is 9.94. The SMILES string of the molecule is OCC1C(O)C(O)C(O)CN1CCc1ccccc1. The van der Waals surface area contributed by atoms with Gasteiger partial charge < -0.3 is 20.4 Å². The van der Waals surface area contributed by atoms with Gasteiger partial charge in [-0.25, -0.2) is 0 Å². The molecule has 4 atom stereocenters. The highest BCUT2D eigenvalue weighted by atomic mass is 16.4. The number of β-amino-alcohol motifs (C(OH)–C–C–N with tert-alkyl or cyclic N) is 1. The average Bonchev–Trinajstić information content (AvgIpc) is 2.44. The summed E-state index contributed by atoms with van der Waals surface area (Å²) in [4.78, 5) is 1.83. The van der Waals surface area contributed by atoms with E-state index in [1.807, 2.05) is 35.2 Å². The lowest BCUT2D eigenvalue weighted by Gasteiger charge is -2.43. The minimum absolute atomic E-state index is 0.236. The number of aliphatic hydroxyl groups excluding tert-OH is 4. The maximum Gasteiger partial charge on any atom is 0.109 e. The van der Waals surface area contributed by atoms with Crippen LogP contribution in [0.2, 0.25) is 0 Å². The predicted octanol–water partition coefficient (Wildman–Crippen LogP) is -1.01. The molecular formula is C14H21NO4. The Labute approximate surface area is 112 Å². The lowest BCUT2D eigenvalue weighted by Crippen LogP contribution is -2.62. The fourth-order valence-electron chi connectivity index (χ4n) is 2.55. The standard InChI is InChI=1S/C14H21NO4/c16-9-11-13(18)14(19)12(17)8-15(11)7-6-10-4-2-1-3-5-10/h1-5,11-14,16-19H,6-9H2. The van der Waals surface area contributed by atoms with E-state index in [2.05, 4.69) is 0 Å². The summed E-state index contributed by atoms with van der Waals surface area (Å²) in [5, 5.41) is 38.5. The van der Waals surface area contributed by atoms with Crippen molar-refractivity contribution in [3.05, 3.63) is 35.9 Å². The van der Waals surface area contributed by atoms with Gasteiger partial charge in [-0.1, -0.05) is 30.3 Å². The molecule has 0 amide bonds. The second-order valence-electron chi connectivity index (χ2n) is 5.03. The van der Waals surface area contributed by atoms with Crippen molar-refractivity contribution >= 4 is 0 Å². The lowest BCUT2D eigenvalue weighted by molar-refractivity contribution is -0.144. The zero-order valence-corrected chi connectivity index (χ0v) is 10.8. The molecule has 4 N–H and O–H groups in total. The van der Waals surface area contributed by atoms with Gasteiger partial charge in [0.2, 0.25) is 0 Å². The third-order valence-electron chi connectivity index (χ3n) is 3.75. The average molecular weight is 267 g/mol. The van der Waals surface area contributed by atoms with E-state index in [1.54, 1.807) is 0 Å². The van der Waals surface area contributed by atoms with Crippen LogP contribution in [0.3, 0.4) is 0 Å². The van der Waals surface area contributed by atoms with Crippen LogP contribution in [0.5, 0.6) is 0 Å². The van der Waals surface area contributed by atoms with Gasteiger partial charge in [0.1, 0.15) is 12.2 Å². The molecule has 0 saturated carbocycles. The van der Waals surface area contributed by atoms with Crippen molar-refractivity contribution in [3.63, 3.8) is 0 Å². The Hall–Kier alpha value is -0.980. The zero-order chi connectivity index (χ0) is 13.8. The van der Waals surface area contributed by atoms with E-state index in [-0.39, 0.29) is 13.2 Å². The third kappa shape index (κ3) is 3.32. The van der Waals surface area contributed by atoms with Crippen LogP contribution in [-0.4, -0.2) is 69.4 Å². The van der Waals surface area contributed by atoms with Gasteiger partial charge in [0.15, 0.2) is 0 Å². The van der Waals surface area contributed by atoms with E-state index < -0.39 is 24.4 Å². The number of hydrogen-bond acceptors (Lipinski definition) is 5. The molecule has 4 unspecified atom stereocenters. The molecule has 1 heterocycles. The quantitative estimate of drug-likeness (QED) is 0.562. The molecule has 2 rings (SSSR count). The molecule has 1 fully saturated rings. The van der Waals surface area contributed by atoms with E-state index in [0.717, 1.165) is 12.0 Å². The van der Waals surface area contributed by atoms with E-state index in [0.29, 0.717) is 6.54 Å². The third-order valence-corrected chi connectivity index (χ3v) is 3.75. The first-order chi connectivity index (χ1) is 9.13. The molecule has 19 heavy (non-hydrogen) atoms. The molecule has 106 valence electrons. The van der Waals surface area contributed by atoms with Crippen molar-refractivity contribution in [1.29, 1.82) is 0 Å². The van der Waals surface area contributed by atoms with E-state index in [9.17, 15) is 20.4 Å². The second kappa shape index (κ2) is 6.45. The largest absolute Gasteiger partial charge is 0.395 e. The molecule has 0 aromatic heterocycles. The number of nitrogens with zero attached hydrogens (tertiary/aromatic N) is 1. The van der Waals surface area contributed by atoms with Crippen LogP contribution in [0, 0.1) is 0 Å².